The van der Waals surface area contributed by atoms with Gasteiger partial charge in [0.2, 0.25) is 11.8 Å². The van der Waals surface area contributed by atoms with Crippen molar-refractivity contribution in [2.75, 3.05) is 26.2 Å². The number of amides is 2. The molecule has 2 heterocycles. The molecule has 0 aromatic rings. The van der Waals surface area contributed by atoms with Gasteiger partial charge in [-0.25, -0.2) is 0 Å². The second-order valence-corrected chi connectivity index (χ2v) is 5.32. The molecular weight excluding hydrogens is 218 g/mol. The number of nitrogens with zero attached hydrogens (tertiary/aromatic N) is 2. The maximum Gasteiger partial charge on any atom is 0.242 e. The highest BCUT2D eigenvalue weighted by Gasteiger charge is 2.29. The van der Waals surface area contributed by atoms with E-state index in [4.69, 9.17) is 5.73 Å². The third kappa shape index (κ3) is 2.97. The molecule has 2 N–H and O–H groups in total. The fourth-order valence-corrected chi connectivity index (χ4v) is 2.74. The molecule has 2 rings (SSSR count). The highest BCUT2D eigenvalue weighted by molar-refractivity contribution is 5.86. The summed E-state index contributed by atoms with van der Waals surface area (Å²) in [6.45, 7) is 4.47. The summed E-state index contributed by atoms with van der Waals surface area (Å²) in [7, 11) is 0. The lowest BCUT2D eigenvalue weighted by molar-refractivity contribution is -0.139. The third-order valence-corrected chi connectivity index (χ3v) is 3.54. The highest BCUT2D eigenvalue weighted by atomic mass is 16.2. The average Bonchev–Trinajstić information content (AvgIpc) is 2.63. The minimum atomic E-state index is 0.0438. The van der Waals surface area contributed by atoms with Gasteiger partial charge in [-0.1, -0.05) is 6.92 Å². The zero-order valence-electron chi connectivity index (χ0n) is 10.4. The number of hydrogen-bond donors (Lipinski definition) is 1. The lowest BCUT2D eigenvalue weighted by Crippen LogP contribution is -2.51. The Kier molecular flexibility index (Phi) is 3.66. The molecule has 2 unspecified atom stereocenters. The molecule has 0 aromatic carbocycles. The Morgan fingerprint density at radius 3 is 2.82 bits per heavy atom. The first-order chi connectivity index (χ1) is 8.06. The van der Waals surface area contributed by atoms with Gasteiger partial charge >= 0.3 is 0 Å². The van der Waals surface area contributed by atoms with Gasteiger partial charge in [0.05, 0.1) is 6.54 Å². The summed E-state index contributed by atoms with van der Waals surface area (Å²) in [5, 5.41) is 0. The fraction of sp³-hybridized carbons (Fsp3) is 0.833. The van der Waals surface area contributed by atoms with Crippen LogP contribution in [0.3, 0.4) is 0 Å². The molecule has 2 amide bonds. The Labute approximate surface area is 102 Å². The molecule has 2 aliphatic heterocycles. The molecule has 2 saturated heterocycles. The number of piperidine rings is 1. The third-order valence-electron chi connectivity index (χ3n) is 3.54. The van der Waals surface area contributed by atoms with Gasteiger partial charge in [0.15, 0.2) is 0 Å². The standard InChI is InChI=1S/C12H21N3O2/c1-9-5-10(13)7-15(6-9)12(17)8-14-4-2-3-11(14)16/h9-10H,2-8,13H2,1H3. The molecule has 0 spiro atoms. The van der Waals surface area contributed by atoms with Gasteiger partial charge < -0.3 is 15.5 Å². The molecule has 2 atom stereocenters. The summed E-state index contributed by atoms with van der Waals surface area (Å²) >= 11 is 0. The molecule has 0 bridgehead atoms. The van der Waals surface area contributed by atoms with Crippen LogP contribution in [-0.4, -0.2) is 53.8 Å². The molecule has 5 heteroatoms. The van der Waals surface area contributed by atoms with Crippen molar-refractivity contribution >= 4 is 11.8 Å². The van der Waals surface area contributed by atoms with E-state index >= 15 is 0 Å². The number of nitrogens with two attached hydrogens (primary N) is 1. The van der Waals surface area contributed by atoms with E-state index in [0.29, 0.717) is 18.9 Å². The quantitative estimate of drug-likeness (QED) is 0.726. The second kappa shape index (κ2) is 5.04. The number of carbonyl (C=O) groups excluding carboxylic acids is 2. The van der Waals surface area contributed by atoms with Crippen molar-refractivity contribution in [3.05, 3.63) is 0 Å². The van der Waals surface area contributed by atoms with Crippen molar-refractivity contribution in [2.45, 2.75) is 32.2 Å². The van der Waals surface area contributed by atoms with E-state index in [9.17, 15) is 9.59 Å². The monoisotopic (exact) mass is 239 g/mol. The summed E-state index contributed by atoms with van der Waals surface area (Å²) < 4.78 is 0. The Hall–Kier alpha value is -1.10. The average molecular weight is 239 g/mol. The Bertz CT molecular complexity index is 309. The molecule has 0 aromatic heterocycles. The van der Waals surface area contributed by atoms with Crippen LogP contribution >= 0.6 is 0 Å². The van der Waals surface area contributed by atoms with Crippen molar-refractivity contribution in [3.8, 4) is 0 Å². The van der Waals surface area contributed by atoms with Gasteiger partial charge in [-0.3, -0.25) is 9.59 Å². The molecular formula is C12H21N3O2. The van der Waals surface area contributed by atoms with Crippen LogP contribution in [0.2, 0.25) is 0 Å². The van der Waals surface area contributed by atoms with Gasteiger partial charge in [0.1, 0.15) is 0 Å². The van der Waals surface area contributed by atoms with Crippen molar-refractivity contribution in [1.29, 1.82) is 0 Å². The van der Waals surface area contributed by atoms with Crippen LogP contribution in [0.25, 0.3) is 0 Å². The van der Waals surface area contributed by atoms with E-state index < -0.39 is 0 Å². The molecule has 17 heavy (non-hydrogen) atoms. The van der Waals surface area contributed by atoms with E-state index in [2.05, 4.69) is 6.92 Å². The summed E-state index contributed by atoms with van der Waals surface area (Å²) in [5.41, 5.74) is 5.91. The van der Waals surface area contributed by atoms with E-state index in [1.807, 2.05) is 4.90 Å². The molecule has 0 radical (unpaired) electrons. The largest absolute Gasteiger partial charge is 0.339 e. The molecule has 0 aliphatic carbocycles. The number of likely N-dealkylation sites (tertiary alicyclic amines) is 2. The van der Waals surface area contributed by atoms with Crippen LogP contribution in [0, 0.1) is 5.92 Å². The van der Waals surface area contributed by atoms with Crippen LogP contribution in [0.1, 0.15) is 26.2 Å². The lowest BCUT2D eigenvalue weighted by Gasteiger charge is -2.35. The number of rotatable bonds is 2. The van der Waals surface area contributed by atoms with E-state index in [1.54, 1.807) is 4.90 Å². The van der Waals surface area contributed by atoms with Gasteiger partial charge in [-0.2, -0.15) is 0 Å². The zero-order chi connectivity index (χ0) is 12.4. The van der Waals surface area contributed by atoms with E-state index in [-0.39, 0.29) is 24.4 Å². The summed E-state index contributed by atoms with van der Waals surface area (Å²) in [4.78, 5) is 27.0. The van der Waals surface area contributed by atoms with Crippen LogP contribution in [0.5, 0.6) is 0 Å². The van der Waals surface area contributed by atoms with Gasteiger partial charge in [-0.05, 0) is 18.8 Å². The molecule has 2 fully saturated rings. The van der Waals surface area contributed by atoms with Gasteiger partial charge in [0, 0.05) is 32.1 Å². The van der Waals surface area contributed by atoms with Crippen LogP contribution in [0.4, 0.5) is 0 Å². The predicted octanol–water partition coefficient (Wildman–Crippen LogP) is -0.195. The second-order valence-electron chi connectivity index (χ2n) is 5.32. The first kappa shape index (κ1) is 12.4. The van der Waals surface area contributed by atoms with Crippen LogP contribution in [-0.2, 0) is 9.59 Å². The number of hydrogen-bond acceptors (Lipinski definition) is 3. The normalized spacial score (nSPS) is 29.9. The van der Waals surface area contributed by atoms with E-state index in [0.717, 1.165) is 25.9 Å². The van der Waals surface area contributed by atoms with Crippen LogP contribution < -0.4 is 5.73 Å². The Morgan fingerprint density at radius 1 is 1.47 bits per heavy atom. The Balaban J connectivity index is 1.88. The van der Waals surface area contributed by atoms with Gasteiger partial charge in [0.25, 0.3) is 0 Å². The summed E-state index contributed by atoms with van der Waals surface area (Å²) in [5.74, 6) is 0.604. The molecule has 96 valence electrons. The summed E-state index contributed by atoms with van der Waals surface area (Å²) in [6.07, 6.45) is 2.44. The summed E-state index contributed by atoms with van der Waals surface area (Å²) in [6, 6.07) is 0.0805. The smallest absolute Gasteiger partial charge is 0.242 e. The Morgan fingerprint density at radius 2 is 2.24 bits per heavy atom. The van der Waals surface area contributed by atoms with Crippen LogP contribution in [0.15, 0.2) is 0 Å². The highest BCUT2D eigenvalue weighted by Crippen LogP contribution is 2.16. The molecule has 2 aliphatic rings. The molecule has 5 nitrogen and oxygen atoms in total. The lowest BCUT2D eigenvalue weighted by atomic mass is 9.96. The SMILES string of the molecule is CC1CC(N)CN(C(=O)CN2CCCC2=O)C1. The fourth-order valence-electron chi connectivity index (χ4n) is 2.74. The number of carbonyl (C=O) groups is 2. The zero-order valence-corrected chi connectivity index (χ0v) is 10.4. The predicted molar refractivity (Wildman–Crippen MR) is 64.2 cm³/mol. The first-order valence-electron chi connectivity index (χ1n) is 6.37. The maximum absolute atomic E-state index is 12.1. The van der Waals surface area contributed by atoms with Crippen molar-refractivity contribution in [2.24, 2.45) is 11.7 Å². The van der Waals surface area contributed by atoms with Crippen molar-refractivity contribution in [3.63, 3.8) is 0 Å². The maximum atomic E-state index is 12.1. The minimum absolute atomic E-state index is 0.0438. The molecule has 0 saturated carbocycles. The van der Waals surface area contributed by atoms with Crippen molar-refractivity contribution < 1.29 is 9.59 Å². The van der Waals surface area contributed by atoms with E-state index in [1.165, 1.54) is 0 Å². The minimum Gasteiger partial charge on any atom is -0.339 e. The first-order valence-corrected chi connectivity index (χ1v) is 6.37. The van der Waals surface area contributed by atoms with Crippen molar-refractivity contribution in [1.82, 2.24) is 9.80 Å². The topological polar surface area (TPSA) is 66.6 Å². The van der Waals surface area contributed by atoms with Gasteiger partial charge in [-0.15, -0.1) is 0 Å².